The van der Waals surface area contributed by atoms with Gasteiger partial charge in [-0.3, -0.25) is 9.59 Å². The van der Waals surface area contributed by atoms with Gasteiger partial charge >= 0.3 is 17.9 Å². The second-order valence-electron chi connectivity index (χ2n) is 25.9. The van der Waals surface area contributed by atoms with Crippen LogP contribution in [0.3, 0.4) is 0 Å². The van der Waals surface area contributed by atoms with Gasteiger partial charge in [-0.15, -0.1) is 0 Å². The summed E-state index contributed by atoms with van der Waals surface area (Å²) in [7, 11) is 5.99. The molecule has 0 aliphatic rings. The molecular formula is C72H140NO8+. The number of carbonyl (C=O) groups is 3. The highest BCUT2D eigenvalue weighted by atomic mass is 16.7. The van der Waals surface area contributed by atoms with E-state index in [0.29, 0.717) is 17.4 Å². The second-order valence-corrected chi connectivity index (χ2v) is 25.9. The topological polar surface area (TPSA) is 108 Å². The van der Waals surface area contributed by atoms with Gasteiger partial charge in [0.2, 0.25) is 0 Å². The highest BCUT2D eigenvalue weighted by molar-refractivity contribution is 5.71. The first-order chi connectivity index (χ1) is 39.6. The van der Waals surface area contributed by atoms with Gasteiger partial charge < -0.3 is 28.5 Å². The van der Waals surface area contributed by atoms with Gasteiger partial charge in [0.15, 0.2) is 6.10 Å². The number of allylic oxidation sites excluding steroid dienone is 2. The normalized spacial score (nSPS) is 12.7. The van der Waals surface area contributed by atoms with E-state index < -0.39 is 18.4 Å². The number of carbonyl (C=O) groups excluding carboxylic acids is 2. The molecule has 9 nitrogen and oxygen atoms in total. The molecule has 0 spiro atoms. The number of unbranched alkanes of at least 4 members (excludes halogenated alkanes) is 51. The third-order valence-corrected chi connectivity index (χ3v) is 16.5. The predicted molar refractivity (Wildman–Crippen MR) is 346 cm³/mol. The van der Waals surface area contributed by atoms with Crippen LogP contribution in [0.4, 0.5) is 0 Å². The Labute approximate surface area is 504 Å². The monoisotopic (exact) mass is 1150 g/mol. The van der Waals surface area contributed by atoms with Crippen LogP contribution < -0.4 is 0 Å². The van der Waals surface area contributed by atoms with Gasteiger partial charge in [-0.25, -0.2) is 4.79 Å². The predicted octanol–water partition coefficient (Wildman–Crippen LogP) is 22.0. The van der Waals surface area contributed by atoms with Crippen LogP contribution in [0, 0.1) is 0 Å². The highest BCUT2D eigenvalue weighted by Gasteiger charge is 2.25. The summed E-state index contributed by atoms with van der Waals surface area (Å²) in [5.74, 6) is -1.97. The second kappa shape index (κ2) is 64.0. The summed E-state index contributed by atoms with van der Waals surface area (Å²) < 4.78 is 23.0. The molecule has 0 aromatic carbocycles. The summed E-state index contributed by atoms with van der Waals surface area (Å²) in [4.78, 5) is 37.5. The van der Waals surface area contributed by atoms with Gasteiger partial charge in [-0.1, -0.05) is 334 Å². The molecule has 0 saturated heterocycles. The van der Waals surface area contributed by atoms with Crippen molar-refractivity contribution in [2.24, 2.45) is 0 Å². The minimum atomic E-state index is -1.50. The van der Waals surface area contributed by atoms with Gasteiger partial charge in [0.25, 0.3) is 6.29 Å². The molecule has 0 radical (unpaired) electrons. The molecule has 480 valence electrons. The van der Waals surface area contributed by atoms with Crippen molar-refractivity contribution < 1.29 is 42.9 Å². The van der Waals surface area contributed by atoms with Crippen LogP contribution in [-0.2, 0) is 33.3 Å². The summed E-state index contributed by atoms with van der Waals surface area (Å²) in [6, 6.07) is 0. The molecule has 2 atom stereocenters. The lowest BCUT2D eigenvalue weighted by molar-refractivity contribution is -0.870. The molecule has 81 heavy (non-hydrogen) atoms. The van der Waals surface area contributed by atoms with E-state index in [1.165, 1.54) is 308 Å². The Hall–Kier alpha value is -1.97. The molecular weight excluding hydrogens is 1010 g/mol. The molecule has 0 heterocycles. The largest absolute Gasteiger partial charge is 0.477 e. The Morgan fingerprint density at radius 3 is 0.914 bits per heavy atom. The summed E-state index contributed by atoms with van der Waals surface area (Å²) in [6.07, 6.45) is 75.0. The van der Waals surface area contributed by atoms with Crippen LogP contribution in [0.5, 0.6) is 0 Å². The van der Waals surface area contributed by atoms with Crippen molar-refractivity contribution in [3.8, 4) is 0 Å². The molecule has 0 aliphatic heterocycles. The lowest BCUT2D eigenvalue weighted by Gasteiger charge is -2.25. The first kappa shape index (κ1) is 79.0. The van der Waals surface area contributed by atoms with Gasteiger partial charge in [0, 0.05) is 12.8 Å². The number of rotatable bonds is 68. The zero-order chi connectivity index (χ0) is 59.1. The molecule has 0 bridgehead atoms. The first-order valence-corrected chi connectivity index (χ1v) is 35.9. The smallest absolute Gasteiger partial charge is 0.361 e. The van der Waals surface area contributed by atoms with Crippen molar-refractivity contribution >= 4 is 17.9 Å². The average Bonchev–Trinajstić information content (AvgIpc) is 3.44. The van der Waals surface area contributed by atoms with Crippen molar-refractivity contribution in [3.05, 3.63) is 12.2 Å². The van der Waals surface area contributed by atoms with Crippen LogP contribution in [0.1, 0.15) is 373 Å². The number of ether oxygens (including phenoxy) is 4. The molecule has 0 rings (SSSR count). The number of carboxylic acid groups (broad SMARTS) is 1. The molecule has 0 aliphatic carbocycles. The zero-order valence-electron chi connectivity index (χ0n) is 55.0. The number of esters is 2. The Morgan fingerprint density at radius 2 is 0.630 bits per heavy atom. The Bertz CT molecular complexity index is 1330. The third-order valence-electron chi connectivity index (χ3n) is 16.5. The van der Waals surface area contributed by atoms with Crippen molar-refractivity contribution in [1.29, 1.82) is 0 Å². The molecule has 0 saturated carbocycles. The molecule has 0 aromatic rings. The highest BCUT2D eigenvalue weighted by Crippen LogP contribution is 2.19. The quantitative estimate of drug-likeness (QED) is 0.0211. The van der Waals surface area contributed by atoms with E-state index in [1.54, 1.807) is 0 Å². The summed E-state index contributed by atoms with van der Waals surface area (Å²) in [6.45, 7) is 4.95. The number of likely N-dealkylation sites (N-methyl/N-ethyl adjacent to an activating group) is 1. The standard InChI is InChI=1S/C72H139NO8/c1-6-8-10-12-14-16-18-20-22-23-24-25-26-27-28-29-30-31-32-33-34-35-36-37-38-39-40-41-42-43-44-45-46-47-49-51-53-55-57-59-61-63-70(75)81-68(67-80-72(71(76)77)78-65-64-73(3,4)5)66-79-69(74)62-60-58-56-54-52-50-48-21-19-17-15-13-11-9-7-2/h23-24,68,72H,6-22,25-67H2,1-5H3/p+1/b24-23-. The van der Waals surface area contributed by atoms with E-state index in [0.717, 1.165) is 38.5 Å². The fraction of sp³-hybridized carbons (Fsp3) is 0.931. The molecule has 0 aromatic heterocycles. The van der Waals surface area contributed by atoms with Crippen molar-refractivity contribution in [1.82, 2.24) is 0 Å². The van der Waals surface area contributed by atoms with E-state index in [2.05, 4.69) is 26.0 Å². The molecule has 9 heteroatoms. The van der Waals surface area contributed by atoms with E-state index in [4.69, 9.17) is 18.9 Å². The number of hydrogen-bond donors (Lipinski definition) is 1. The maximum Gasteiger partial charge on any atom is 0.361 e. The lowest BCUT2D eigenvalue weighted by Crippen LogP contribution is -2.40. The summed E-state index contributed by atoms with van der Waals surface area (Å²) >= 11 is 0. The first-order valence-electron chi connectivity index (χ1n) is 35.9. The third kappa shape index (κ3) is 65.4. The fourth-order valence-electron chi connectivity index (χ4n) is 11.0. The summed E-state index contributed by atoms with van der Waals surface area (Å²) in [5.41, 5.74) is 0. The molecule has 1 N–H and O–H groups in total. The molecule has 2 unspecified atom stereocenters. The van der Waals surface area contributed by atoms with E-state index in [-0.39, 0.29) is 38.2 Å². The average molecular weight is 1150 g/mol. The zero-order valence-corrected chi connectivity index (χ0v) is 55.0. The van der Waals surface area contributed by atoms with Crippen molar-refractivity contribution in [2.45, 2.75) is 386 Å². The number of carboxylic acids is 1. The maximum atomic E-state index is 12.9. The number of hydrogen-bond acceptors (Lipinski definition) is 7. The number of nitrogens with zero attached hydrogens (tertiary/aromatic N) is 1. The van der Waals surface area contributed by atoms with Gasteiger partial charge in [0.05, 0.1) is 34.4 Å². The van der Waals surface area contributed by atoms with Crippen LogP contribution in [0.25, 0.3) is 0 Å². The molecule has 0 amide bonds. The summed E-state index contributed by atoms with van der Waals surface area (Å²) in [5, 5.41) is 9.72. The SMILES string of the molecule is CCCCCCCCCC/C=C\CCCCCCCCCCCCCCCCCCCCCCCCCCCCCCCC(=O)OC(COC(=O)CCCCCCCCCCCCCCCCC)COC(OCC[N+](C)(C)C)C(=O)O. The lowest BCUT2D eigenvalue weighted by atomic mass is 10.0. The number of quaternary nitrogens is 1. The van der Waals surface area contributed by atoms with Crippen LogP contribution >= 0.6 is 0 Å². The van der Waals surface area contributed by atoms with E-state index in [1.807, 2.05) is 21.1 Å². The Kier molecular flexibility index (Phi) is 62.5. The van der Waals surface area contributed by atoms with E-state index >= 15 is 0 Å². The Balaban J connectivity index is 3.87. The van der Waals surface area contributed by atoms with Gasteiger partial charge in [0.1, 0.15) is 13.2 Å². The minimum absolute atomic E-state index is 0.173. The number of aliphatic carboxylic acids is 1. The van der Waals surface area contributed by atoms with Gasteiger partial charge in [-0.05, 0) is 38.5 Å². The van der Waals surface area contributed by atoms with Crippen molar-refractivity contribution in [3.63, 3.8) is 0 Å². The molecule has 0 fully saturated rings. The minimum Gasteiger partial charge on any atom is -0.477 e. The van der Waals surface area contributed by atoms with Crippen LogP contribution in [0.15, 0.2) is 12.2 Å². The maximum absolute atomic E-state index is 12.9. The van der Waals surface area contributed by atoms with Crippen LogP contribution in [-0.4, -0.2) is 87.4 Å². The van der Waals surface area contributed by atoms with Gasteiger partial charge in [-0.2, -0.15) is 0 Å². The fourth-order valence-corrected chi connectivity index (χ4v) is 11.0. The Morgan fingerprint density at radius 1 is 0.358 bits per heavy atom. The van der Waals surface area contributed by atoms with Crippen molar-refractivity contribution in [2.75, 3.05) is 47.5 Å². The van der Waals surface area contributed by atoms with Crippen LogP contribution in [0.2, 0.25) is 0 Å². The van der Waals surface area contributed by atoms with E-state index in [9.17, 15) is 19.5 Å².